The molecule has 0 amide bonds. The van der Waals surface area contributed by atoms with Crippen molar-refractivity contribution in [1.29, 1.82) is 0 Å². The van der Waals surface area contributed by atoms with Crippen LogP contribution in [-0.4, -0.2) is 31.8 Å². The number of nitrogens with two attached hydrogens (primary N) is 1. The van der Waals surface area contributed by atoms with E-state index in [0.29, 0.717) is 0 Å². The third-order valence-corrected chi connectivity index (χ3v) is 2.81. The van der Waals surface area contributed by atoms with Crippen molar-refractivity contribution in [3.05, 3.63) is 24.0 Å². The smallest absolute Gasteiger partial charge is 0.0641 e. The van der Waals surface area contributed by atoms with E-state index in [2.05, 4.69) is 22.9 Å². The molecule has 0 saturated heterocycles. The molecule has 1 unspecified atom stereocenters. The Kier molecular flexibility index (Phi) is 5.94. The SMILES string of the molecule is CCOCCN(C)c1ccc(C(N)CC)nc1. The third-order valence-electron chi connectivity index (χ3n) is 2.81. The highest BCUT2D eigenvalue weighted by molar-refractivity contribution is 5.43. The van der Waals surface area contributed by atoms with Crippen LogP contribution in [0.15, 0.2) is 18.3 Å². The van der Waals surface area contributed by atoms with Crippen molar-refractivity contribution < 1.29 is 4.74 Å². The van der Waals surface area contributed by atoms with E-state index in [9.17, 15) is 0 Å². The lowest BCUT2D eigenvalue weighted by atomic mass is 10.1. The van der Waals surface area contributed by atoms with Gasteiger partial charge in [0.25, 0.3) is 0 Å². The van der Waals surface area contributed by atoms with Gasteiger partial charge in [-0.25, -0.2) is 0 Å². The zero-order chi connectivity index (χ0) is 12.7. The van der Waals surface area contributed by atoms with Crippen molar-refractivity contribution in [2.75, 3.05) is 31.7 Å². The molecule has 4 heteroatoms. The summed E-state index contributed by atoms with van der Waals surface area (Å²) in [5.41, 5.74) is 7.97. The van der Waals surface area contributed by atoms with Gasteiger partial charge in [0.15, 0.2) is 0 Å². The van der Waals surface area contributed by atoms with Gasteiger partial charge < -0.3 is 15.4 Å². The van der Waals surface area contributed by atoms with Gasteiger partial charge in [0.2, 0.25) is 0 Å². The number of pyridine rings is 1. The molecular weight excluding hydrogens is 214 g/mol. The van der Waals surface area contributed by atoms with Crippen LogP contribution in [-0.2, 0) is 4.74 Å². The van der Waals surface area contributed by atoms with Gasteiger partial charge in [-0.1, -0.05) is 6.92 Å². The fraction of sp³-hybridized carbons (Fsp3) is 0.615. The number of hydrogen-bond donors (Lipinski definition) is 1. The summed E-state index contributed by atoms with van der Waals surface area (Å²) in [6.45, 7) is 6.44. The molecule has 2 N–H and O–H groups in total. The summed E-state index contributed by atoms with van der Waals surface area (Å²) in [5, 5.41) is 0. The Hall–Kier alpha value is -1.13. The zero-order valence-corrected chi connectivity index (χ0v) is 11.0. The zero-order valence-electron chi connectivity index (χ0n) is 11.0. The van der Waals surface area contributed by atoms with Crippen molar-refractivity contribution in [3.8, 4) is 0 Å². The van der Waals surface area contributed by atoms with E-state index in [1.54, 1.807) is 0 Å². The minimum absolute atomic E-state index is 0.0396. The second-order valence-electron chi connectivity index (χ2n) is 4.07. The van der Waals surface area contributed by atoms with E-state index in [1.165, 1.54) is 0 Å². The fourth-order valence-electron chi connectivity index (χ4n) is 1.53. The first-order valence-electron chi connectivity index (χ1n) is 6.19. The minimum atomic E-state index is 0.0396. The van der Waals surface area contributed by atoms with Crippen LogP contribution in [0.5, 0.6) is 0 Å². The molecular formula is C13H23N3O. The molecule has 0 radical (unpaired) electrons. The Balaban J connectivity index is 2.54. The van der Waals surface area contributed by atoms with Crippen LogP contribution in [0.4, 0.5) is 5.69 Å². The van der Waals surface area contributed by atoms with Crippen LogP contribution in [0.3, 0.4) is 0 Å². The molecule has 0 aliphatic heterocycles. The van der Waals surface area contributed by atoms with Crippen LogP contribution in [0.2, 0.25) is 0 Å². The predicted molar refractivity (Wildman–Crippen MR) is 71.2 cm³/mol. The Labute approximate surface area is 104 Å². The number of aromatic nitrogens is 1. The van der Waals surface area contributed by atoms with E-state index >= 15 is 0 Å². The summed E-state index contributed by atoms with van der Waals surface area (Å²) < 4.78 is 5.32. The van der Waals surface area contributed by atoms with Gasteiger partial charge in [-0.3, -0.25) is 4.98 Å². The van der Waals surface area contributed by atoms with E-state index in [4.69, 9.17) is 10.5 Å². The van der Waals surface area contributed by atoms with Crippen molar-refractivity contribution in [1.82, 2.24) is 4.98 Å². The summed E-state index contributed by atoms with van der Waals surface area (Å²) in [6.07, 6.45) is 2.78. The Morgan fingerprint density at radius 2 is 2.18 bits per heavy atom. The van der Waals surface area contributed by atoms with Crippen molar-refractivity contribution >= 4 is 5.69 Å². The fourth-order valence-corrected chi connectivity index (χ4v) is 1.53. The van der Waals surface area contributed by atoms with Gasteiger partial charge in [-0.15, -0.1) is 0 Å². The molecule has 1 aromatic heterocycles. The summed E-state index contributed by atoms with van der Waals surface area (Å²) in [4.78, 5) is 6.52. The van der Waals surface area contributed by atoms with Gasteiger partial charge in [-0.2, -0.15) is 0 Å². The van der Waals surface area contributed by atoms with Gasteiger partial charge in [0.05, 0.1) is 24.2 Å². The summed E-state index contributed by atoms with van der Waals surface area (Å²) in [7, 11) is 2.04. The van der Waals surface area contributed by atoms with E-state index in [0.717, 1.165) is 37.6 Å². The molecule has 1 heterocycles. The molecule has 0 fully saturated rings. The second kappa shape index (κ2) is 7.25. The lowest BCUT2D eigenvalue weighted by molar-refractivity contribution is 0.154. The highest BCUT2D eigenvalue weighted by Gasteiger charge is 2.06. The number of likely N-dealkylation sites (N-methyl/N-ethyl adjacent to an activating group) is 1. The second-order valence-corrected chi connectivity index (χ2v) is 4.07. The van der Waals surface area contributed by atoms with Crippen molar-refractivity contribution in [2.45, 2.75) is 26.3 Å². The molecule has 1 atom stereocenters. The Morgan fingerprint density at radius 3 is 2.71 bits per heavy atom. The standard InChI is InChI=1S/C13H23N3O/c1-4-12(14)13-7-6-11(10-15-13)16(3)8-9-17-5-2/h6-7,10,12H,4-5,8-9,14H2,1-3H3. The lowest BCUT2D eigenvalue weighted by Crippen LogP contribution is -2.23. The molecule has 1 rings (SSSR count). The largest absolute Gasteiger partial charge is 0.380 e. The maximum Gasteiger partial charge on any atom is 0.0641 e. The Morgan fingerprint density at radius 1 is 1.41 bits per heavy atom. The molecule has 0 bridgehead atoms. The quantitative estimate of drug-likeness (QED) is 0.737. The maximum absolute atomic E-state index is 5.92. The summed E-state index contributed by atoms with van der Waals surface area (Å²) in [5.74, 6) is 0. The van der Waals surface area contributed by atoms with Crippen molar-refractivity contribution in [3.63, 3.8) is 0 Å². The van der Waals surface area contributed by atoms with Crippen LogP contribution in [0.1, 0.15) is 32.0 Å². The molecule has 0 aromatic carbocycles. The summed E-state index contributed by atoms with van der Waals surface area (Å²) in [6, 6.07) is 4.10. The molecule has 17 heavy (non-hydrogen) atoms. The van der Waals surface area contributed by atoms with E-state index in [-0.39, 0.29) is 6.04 Å². The number of rotatable bonds is 7. The van der Waals surface area contributed by atoms with Crippen LogP contribution < -0.4 is 10.6 Å². The van der Waals surface area contributed by atoms with Crippen molar-refractivity contribution in [2.24, 2.45) is 5.73 Å². The lowest BCUT2D eigenvalue weighted by Gasteiger charge is -2.19. The summed E-state index contributed by atoms with van der Waals surface area (Å²) >= 11 is 0. The predicted octanol–water partition coefficient (Wildman–Crippen LogP) is 1.96. The van der Waals surface area contributed by atoms with Gasteiger partial charge in [0, 0.05) is 26.2 Å². The number of hydrogen-bond acceptors (Lipinski definition) is 4. The average Bonchev–Trinajstić information content (AvgIpc) is 2.38. The molecule has 0 aliphatic carbocycles. The molecule has 1 aromatic rings. The highest BCUT2D eigenvalue weighted by Crippen LogP contribution is 2.15. The molecule has 4 nitrogen and oxygen atoms in total. The molecule has 0 saturated carbocycles. The highest BCUT2D eigenvalue weighted by atomic mass is 16.5. The molecule has 0 aliphatic rings. The maximum atomic E-state index is 5.92. The first kappa shape index (κ1) is 13.9. The number of nitrogens with zero attached hydrogens (tertiary/aromatic N) is 2. The average molecular weight is 237 g/mol. The van der Waals surface area contributed by atoms with Gasteiger partial charge in [0.1, 0.15) is 0 Å². The van der Waals surface area contributed by atoms with Gasteiger partial charge >= 0.3 is 0 Å². The Bertz CT molecular complexity index is 313. The van der Waals surface area contributed by atoms with Crippen LogP contribution in [0.25, 0.3) is 0 Å². The topological polar surface area (TPSA) is 51.4 Å². The van der Waals surface area contributed by atoms with Crippen LogP contribution in [0, 0.1) is 0 Å². The monoisotopic (exact) mass is 237 g/mol. The van der Waals surface area contributed by atoms with Crippen LogP contribution >= 0.6 is 0 Å². The van der Waals surface area contributed by atoms with E-state index < -0.39 is 0 Å². The normalized spacial score (nSPS) is 12.5. The number of ether oxygens (including phenoxy) is 1. The molecule has 0 spiro atoms. The van der Waals surface area contributed by atoms with E-state index in [1.807, 2.05) is 26.2 Å². The van der Waals surface area contributed by atoms with Gasteiger partial charge in [-0.05, 0) is 25.5 Å². The minimum Gasteiger partial charge on any atom is -0.380 e. The third kappa shape index (κ3) is 4.32. The first-order valence-corrected chi connectivity index (χ1v) is 6.19. The first-order chi connectivity index (χ1) is 8.19. The number of anilines is 1. The molecule has 96 valence electrons.